The van der Waals surface area contributed by atoms with Crippen molar-refractivity contribution in [2.75, 3.05) is 7.11 Å². The van der Waals surface area contributed by atoms with Crippen LogP contribution in [0, 0.1) is 0 Å². The van der Waals surface area contributed by atoms with Crippen molar-refractivity contribution in [3.63, 3.8) is 0 Å². The number of aromatic nitrogens is 4. The van der Waals surface area contributed by atoms with Gasteiger partial charge in [0.2, 0.25) is 17.5 Å². The standard InChI is InChI=1S/C18H13F3N4O2/c1-26-12-6-4-5-11(9-12)16-23-15(27-24-16)10-25-14-8-3-2-7-13(14)22-17(25)18(19,20)21/h2-9H,10H2,1H3. The Bertz CT molecular complexity index is 1100. The van der Waals surface area contributed by atoms with Crippen molar-refractivity contribution < 1.29 is 22.4 Å². The summed E-state index contributed by atoms with van der Waals surface area (Å²) in [5, 5.41) is 3.86. The minimum absolute atomic E-state index is 0.0430. The Kier molecular flexibility index (Phi) is 4.06. The molecule has 0 aliphatic heterocycles. The van der Waals surface area contributed by atoms with Crippen LogP contribution in [-0.2, 0) is 12.7 Å². The van der Waals surface area contributed by atoms with Crippen LogP contribution >= 0.6 is 0 Å². The van der Waals surface area contributed by atoms with Crippen LogP contribution in [0.15, 0.2) is 53.1 Å². The Labute approximate surface area is 151 Å². The van der Waals surface area contributed by atoms with Gasteiger partial charge < -0.3 is 13.8 Å². The topological polar surface area (TPSA) is 66.0 Å². The van der Waals surface area contributed by atoms with Gasteiger partial charge in [-0.15, -0.1) is 0 Å². The van der Waals surface area contributed by atoms with Crippen LogP contribution in [-0.4, -0.2) is 26.8 Å². The average Bonchev–Trinajstić information content (AvgIpc) is 3.27. The molecule has 27 heavy (non-hydrogen) atoms. The third-order valence-corrected chi connectivity index (χ3v) is 4.00. The van der Waals surface area contributed by atoms with E-state index in [1.54, 1.807) is 42.5 Å². The van der Waals surface area contributed by atoms with E-state index in [9.17, 15) is 13.2 Å². The first-order chi connectivity index (χ1) is 13.0. The van der Waals surface area contributed by atoms with Crippen LogP contribution in [0.3, 0.4) is 0 Å². The van der Waals surface area contributed by atoms with Gasteiger partial charge in [-0.25, -0.2) is 4.98 Å². The van der Waals surface area contributed by atoms with E-state index in [0.29, 0.717) is 16.8 Å². The molecule has 2 heterocycles. The Morgan fingerprint density at radius 2 is 1.89 bits per heavy atom. The summed E-state index contributed by atoms with van der Waals surface area (Å²) in [6, 6.07) is 13.4. The van der Waals surface area contributed by atoms with Gasteiger partial charge in [-0.2, -0.15) is 18.2 Å². The van der Waals surface area contributed by atoms with Crippen LogP contribution < -0.4 is 4.74 Å². The number of imidazole rings is 1. The van der Waals surface area contributed by atoms with Crippen molar-refractivity contribution in [3.05, 3.63) is 60.2 Å². The fraction of sp³-hybridized carbons (Fsp3) is 0.167. The number of rotatable bonds is 4. The van der Waals surface area contributed by atoms with Crippen LogP contribution in [0.4, 0.5) is 13.2 Å². The average molecular weight is 374 g/mol. The Hall–Kier alpha value is -3.36. The number of nitrogens with zero attached hydrogens (tertiary/aromatic N) is 4. The van der Waals surface area contributed by atoms with E-state index in [2.05, 4.69) is 15.1 Å². The first kappa shape index (κ1) is 17.1. The van der Waals surface area contributed by atoms with E-state index >= 15 is 0 Å². The second-order valence-corrected chi connectivity index (χ2v) is 5.75. The molecule has 0 unspecified atom stereocenters. The number of methoxy groups -OCH3 is 1. The molecule has 4 rings (SSSR count). The predicted octanol–water partition coefficient (Wildman–Crippen LogP) is 4.16. The molecule has 9 heteroatoms. The molecule has 0 radical (unpaired) electrons. The van der Waals surface area contributed by atoms with Gasteiger partial charge in [0.25, 0.3) is 0 Å². The zero-order chi connectivity index (χ0) is 19.0. The number of hydrogen-bond acceptors (Lipinski definition) is 5. The minimum atomic E-state index is -4.60. The highest BCUT2D eigenvalue weighted by molar-refractivity contribution is 5.76. The van der Waals surface area contributed by atoms with Gasteiger partial charge in [-0.1, -0.05) is 29.4 Å². The zero-order valence-corrected chi connectivity index (χ0v) is 14.1. The predicted molar refractivity (Wildman–Crippen MR) is 90.1 cm³/mol. The quantitative estimate of drug-likeness (QED) is 0.537. The van der Waals surface area contributed by atoms with E-state index in [1.165, 1.54) is 13.2 Å². The lowest BCUT2D eigenvalue weighted by Crippen LogP contribution is -2.15. The van der Waals surface area contributed by atoms with Crippen molar-refractivity contribution in [1.82, 2.24) is 19.7 Å². The summed E-state index contributed by atoms with van der Waals surface area (Å²) in [5.41, 5.74) is 1.22. The normalized spacial score (nSPS) is 11.9. The molecule has 0 atom stereocenters. The SMILES string of the molecule is COc1cccc(-c2noc(Cn3c(C(F)(F)F)nc4ccccc43)n2)c1. The maximum absolute atomic E-state index is 13.4. The molecule has 0 bridgehead atoms. The lowest BCUT2D eigenvalue weighted by atomic mass is 10.2. The number of halogens is 3. The fourth-order valence-corrected chi connectivity index (χ4v) is 2.79. The number of para-hydroxylation sites is 2. The van der Waals surface area contributed by atoms with E-state index < -0.39 is 12.0 Å². The van der Waals surface area contributed by atoms with Gasteiger partial charge in [0.1, 0.15) is 12.3 Å². The molecule has 0 saturated carbocycles. The lowest BCUT2D eigenvalue weighted by Gasteiger charge is -2.08. The summed E-state index contributed by atoms with van der Waals surface area (Å²) in [4.78, 5) is 7.91. The summed E-state index contributed by atoms with van der Waals surface area (Å²) < 4.78 is 51.5. The van der Waals surface area contributed by atoms with Gasteiger partial charge in [0.15, 0.2) is 0 Å². The smallest absolute Gasteiger partial charge is 0.449 e. The van der Waals surface area contributed by atoms with Crippen molar-refractivity contribution in [3.8, 4) is 17.1 Å². The number of benzene rings is 2. The van der Waals surface area contributed by atoms with Gasteiger partial charge in [0.05, 0.1) is 18.1 Å². The first-order valence-electron chi connectivity index (χ1n) is 7.95. The highest BCUT2D eigenvalue weighted by Gasteiger charge is 2.38. The molecule has 4 aromatic rings. The summed E-state index contributed by atoms with van der Waals surface area (Å²) >= 11 is 0. The molecular formula is C18H13F3N4O2. The number of alkyl halides is 3. The monoisotopic (exact) mass is 374 g/mol. The molecule has 0 saturated heterocycles. The molecule has 138 valence electrons. The van der Waals surface area contributed by atoms with E-state index in [4.69, 9.17) is 9.26 Å². The number of ether oxygens (including phenoxy) is 1. The zero-order valence-electron chi connectivity index (χ0n) is 14.1. The third-order valence-electron chi connectivity index (χ3n) is 4.00. The largest absolute Gasteiger partial charge is 0.497 e. The lowest BCUT2D eigenvalue weighted by molar-refractivity contribution is -0.146. The maximum Gasteiger partial charge on any atom is 0.449 e. The number of hydrogen-bond donors (Lipinski definition) is 0. The second-order valence-electron chi connectivity index (χ2n) is 5.75. The van der Waals surface area contributed by atoms with E-state index in [0.717, 1.165) is 4.57 Å². The summed E-state index contributed by atoms with van der Waals surface area (Å²) in [6.45, 7) is -0.244. The van der Waals surface area contributed by atoms with Crippen molar-refractivity contribution >= 4 is 11.0 Å². The highest BCUT2D eigenvalue weighted by Crippen LogP contribution is 2.32. The molecule has 0 fully saturated rings. The van der Waals surface area contributed by atoms with Gasteiger partial charge >= 0.3 is 6.18 Å². The molecule has 6 nitrogen and oxygen atoms in total. The fourth-order valence-electron chi connectivity index (χ4n) is 2.79. The first-order valence-corrected chi connectivity index (χ1v) is 7.95. The molecule has 0 N–H and O–H groups in total. The molecule has 0 aliphatic carbocycles. The Morgan fingerprint density at radius 3 is 2.67 bits per heavy atom. The highest BCUT2D eigenvalue weighted by atomic mass is 19.4. The van der Waals surface area contributed by atoms with Crippen LogP contribution in [0.5, 0.6) is 5.75 Å². The molecule has 2 aromatic carbocycles. The van der Waals surface area contributed by atoms with Gasteiger partial charge in [0, 0.05) is 5.56 Å². The second kappa shape index (κ2) is 6.42. The van der Waals surface area contributed by atoms with Crippen LogP contribution in [0.2, 0.25) is 0 Å². The Morgan fingerprint density at radius 1 is 1.07 bits per heavy atom. The minimum Gasteiger partial charge on any atom is -0.497 e. The molecule has 0 amide bonds. The van der Waals surface area contributed by atoms with Crippen molar-refractivity contribution in [2.45, 2.75) is 12.7 Å². The summed E-state index contributed by atoms with van der Waals surface area (Å²) in [5.74, 6) is -0.0907. The van der Waals surface area contributed by atoms with Crippen LogP contribution in [0.1, 0.15) is 11.7 Å². The summed E-state index contributed by atoms with van der Waals surface area (Å²) in [7, 11) is 1.53. The molecular weight excluding hydrogens is 361 g/mol. The van der Waals surface area contributed by atoms with E-state index in [1.807, 2.05) is 0 Å². The van der Waals surface area contributed by atoms with Crippen LogP contribution in [0.25, 0.3) is 22.4 Å². The van der Waals surface area contributed by atoms with E-state index in [-0.39, 0.29) is 23.8 Å². The summed E-state index contributed by atoms with van der Waals surface area (Å²) in [6.07, 6.45) is -4.60. The molecule has 0 spiro atoms. The number of fused-ring (bicyclic) bond motifs is 1. The van der Waals surface area contributed by atoms with Crippen molar-refractivity contribution in [1.29, 1.82) is 0 Å². The Balaban J connectivity index is 1.72. The molecule has 2 aromatic heterocycles. The van der Waals surface area contributed by atoms with Gasteiger partial charge in [-0.3, -0.25) is 0 Å². The third kappa shape index (κ3) is 3.23. The maximum atomic E-state index is 13.4. The van der Waals surface area contributed by atoms with Crippen molar-refractivity contribution in [2.24, 2.45) is 0 Å². The van der Waals surface area contributed by atoms with Gasteiger partial charge in [-0.05, 0) is 24.3 Å². The molecule has 0 aliphatic rings.